The van der Waals surface area contributed by atoms with Crippen molar-refractivity contribution in [3.63, 3.8) is 0 Å². The maximum absolute atomic E-state index is 2.30. The third-order valence-electron chi connectivity index (χ3n) is 3.63. The molecule has 0 aromatic heterocycles. The Labute approximate surface area is 105 Å². The molecule has 2 aromatic carbocycles. The first-order chi connectivity index (χ1) is 8.11. The first-order valence-electron chi connectivity index (χ1n) is 6.23. The topological polar surface area (TPSA) is 0 Å². The summed E-state index contributed by atoms with van der Waals surface area (Å²) >= 11 is 0. The highest BCUT2D eigenvalue weighted by Gasteiger charge is 2.18. The zero-order chi connectivity index (χ0) is 12.4. The fourth-order valence-electron chi connectivity index (χ4n) is 2.74. The van der Waals surface area contributed by atoms with Gasteiger partial charge < -0.3 is 0 Å². The van der Waals surface area contributed by atoms with Crippen LogP contribution in [0.2, 0.25) is 6.82 Å². The Morgan fingerprint density at radius 3 is 1.82 bits per heavy atom. The average Bonchev–Trinajstić information content (AvgIpc) is 2.29. The maximum Gasteiger partial charge on any atom is 0.207 e. The minimum Gasteiger partial charge on any atom is -0.0774 e. The molecule has 0 radical (unpaired) electrons. The average molecular weight is 222 g/mol. The zero-order valence-electron chi connectivity index (χ0n) is 11.1. The quantitative estimate of drug-likeness (QED) is 0.685. The van der Waals surface area contributed by atoms with E-state index in [0.29, 0.717) is 6.71 Å². The fourth-order valence-corrected chi connectivity index (χ4v) is 2.74. The third-order valence-corrected chi connectivity index (χ3v) is 3.63. The van der Waals surface area contributed by atoms with Gasteiger partial charge in [-0.3, -0.25) is 0 Å². The van der Waals surface area contributed by atoms with E-state index in [1.807, 2.05) is 0 Å². The molecule has 17 heavy (non-hydrogen) atoms. The van der Waals surface area contributed by atoms with Gasteiger partial charge in [-0.25, -0.2) is 0 Å². The monoisotopic (exact) mass is 222 g/mol. The van der Waals surface area contributed by atoms with Crippen LogP contribution in [0.3, 0.4) is 0 Å². The lowest BCUT2D eigenvalue weighted by molar-refractivity contribution is 1.42. The second kappa shape index (κ2) is 4.79. The minimum absolute atomic E-state index is 0.470. The van der Waals surface area contributed by atoms with Gasteiger partial charge in [0.05, 0.1) is 0 Å². The number of hydrogen-bond donors (Lipinski definition) is 0. The number of rotatable bonds is 2. The van der Waals surface area contributed by atoms with Crippen LogP contribution in [0.5, 0.6) is 0 Å². The lowest BCUT2D eigenvalue weighted by atomic mass is 9.40. The van der Waals surface area contributed by atoms with Crippen LogP contribution < -0.4 is 10.9 Å². The van der Waals surface area contributed by atoms with E-state index >= 15 is 0 Å². The van der Waals surface area contributed by atoms with Crippen LogP contribution in [0.15, 0.2) is 42.5 Å². The fraction of sp³-hybridized carbons (Fsp3) is 0.250. The summed E-state index contributed by atoms with van der Waals surface area (Å²) in [7, 11) is 0. The molecule has 0 unspecified atom stereocenters. The van der Waals surface area contributed by atoms with Gasteiger partial charge in [0.25, 0.3) is 0 Å². The van der Waals surface area contributed by atoms with Crippen LogP contribution >= 0.6 is 0 Å². The van der Waals surface area contributed by atoms with Crippen molar-refractivity contribution in [3.05, 3.63) is 59.2 Å². The molecular formula is C16H19B. The van der Waals surface area contributed by atoms with E-state index in [1.54, 1.807) is 0 Å². The van der Waals surface area contributed by atoms with Crippen molar-refractivity contribution in [2.75, 3.05) is 0 Å². The van der Waals surface area contributed by atoms with Crippen LogP contribution in [-0.4, -0.2) is 6.71 Å². The summed E-state index contributed by atoms with van der Waals surface area (Å²) in [4.78, 5) is 0. The molecule has 86 valence electrons. The van der Waals surface area contributed by atoms with E-state index in [-0.39, 0.29) is 0 Å². The van der Waals surface area contributed by atoms with Gasteiger partial charge >= 0.3 is 0 Å². The highest BCUT2D eigenvalue weighted by molar-refractivity contribution is 6.85. The molecule has 0 bridgehead atoms. The summed E-state index contributed by atoms with van der Waals surface area (Å²) < 4.78 is 0. The molecule has 0 saturated heterocycles. The first kappa shape index (κ1) is 12.0. The lowest BCUT2D eigenvalue weighted by Crippen LogP contribution is -2.43. The van der Waals surface area contributed by atoms with Crippen molar-refractivity contribution in [1.82, 2.24) is 0 Å². The minimum atomic E-state index is 0.470. The van der Waals surface area contributed by atoms with E-state index in [2.05, 4.69) is 70.1 Å². The lowest BCUT2D eigenvalue weighted by Gasteiger charge is -2.17. The van der Waals surface area contributed by atoms with Gasteiger partial charge in [0.1, 0.15) is 0 Å². The molecule has 1 heteroatoms. The van der Waals surface area contributed by atoms with E-state index in [0.717, 1.165) is 0 Å². The molecule has 0 nitrogen and oxygen atoms in total. The van der Waals surface area contributed by atoms with Gasteiger partial charge in [0.2, 0.25) is 6.71 Å². The van der Waals surface area contributed by atoms with Crippen LogP contribution in [0.1, 0.15) is 16.7 Å². The highest BCUT2D eigenvalue weighted by atomic mass is 14.0. The molecule has 0 fully saturated rings. The van der Waals surface area contributed by atoms with Gasteiger partial charge in [0, 0.05) is 0 Å². The standard InChI is InChI=1S/C16H19B/c1-12-8-5-6-11-15(12)17(4)16-13(2)9-7-10-14(16)3/h5-11H,1-4H3. The van der Waals surface area contributed by atoms with Crippen molar-refractivity contribution in [2.24, 2.45) is 0 Å². The van der Waals surface area contributed by atoms with Crippen molar-refractivity contribution < 1.29 is 0 Å². The van der Waals surface area contributed by atoms with Crippen LogP contribution in [-0.2, 0) is 0 Å². The van der Waals surface area contributed by atoms with E-state index in [4.69, 9.17) is 0 Å². The number of benzene rings is 2. The van der Waals surface area contributed by atoms with Crippen molar-refractivity contribution in [1.29, 1.82) is 0 Å². The SMILES string of the molecule is CB(c1ccccc1C)c1c(C)cccc1C. The summed E-state index contributed by atoms with van der Waals surface area (Å²) in [5, 5.41) is 0. The van der Waals surface area contributed by atoms with Crippen LogP contribution in [0, 0.1) is 20.8 Å². The molecule has 0 aliphatic carbocycles. The maximum atomic E-state index is 2.30. The molecule has 0 amide bonds. The smallest absolute Gasteiger partial charge is 0.0774 e. The molecule has 2 rings (SSSR count). The van der Waals surface area contributed by atoms with Gasteiger partial charge in [-0.1, -0.05) is 76.9 Å². The zero-order valence-corrected chi connectivity index (χ0v) is 11.1. The Balaban J connectivity index is 2.51. The Morgan fingerprint density at radius 2 is 1.24 bits per heavy atom. The third kappa shape index (κ3) is 2.29. The Hall–Kier alpha value is -1.50. The van der Waals surface area contributed by atoms with Gasteiger partial charge in [-0.05, 0) is 20.8 Å². The van der Waals surface area contributed by atoms with Gasteiger partial charge in [0.15, 0.2) is 0 Å². The van der Waals surface area contributed by atoms with Crippen LogP contribution in [0.4, 0.5) is 0 Å². The molecule has 0 aliphatic rings. The number of hydrogen-bond acceptors (Lipinski definition) is 0. The summed E-state index contributed by atoms with van der Waals surface area (Å²) in [6.45, 7) is 9.38. The highest BCUT2D eigenvalue weighted by Crippen LogP contribution is 2.05. The molecule has 0 aliphatic heterocycles. The molecule has 2 aromatic rings. The van der Waals surface area contributed by atoms with Crippen LogP contribution in [0.25, 0.3) is 0 Å². The largest absolute Gasteiger partial charge is 0.207 e. The second-order valence-corrected chi connectivity index (χ2v) is 4.88. The molecular weight excluding hydrogens is 203 g/mol. The van der Waals surface area contributed by atoms with Crippen molar-refractivity contribution in [2.45, 2.75) is 27.6 Å². The summed E-state index contributed by atoms with van der Waals surface area (Å²) in [6, 6.07) is 15.2. The number of aryl methyl sites for hydroxylation is 3. The Bertz CT molecular complexity index is 509. The summed E-state index contributed by atoms with van der Waals surface area (Å²) in [5.41, 5.74) is 7.07. The summed E-state index contributed by atoms with van der Waals surface area (Å²) in [6.07, 6.45) is 0. The van der Waals surface area contributed by atoms with Gasteiger partial charge in [-0.2, -0.15) is 0 Å². The molecule has 0 atom stereocenters. The molecule has 0 N–H and O–H groups in total. The molecule has 0 spiro atoms. The van der Waals surface area contributed by atoms with E-state index in [9.17, 15) is 0 Å². The van der Waals surface area contributed by atoms with Crippen molar-refractivity contribution >= 4 is 17.6 Å². The summed E-state index contributed by atoms with van der Waals surface area (Å²) in [5.74, 6) is 0. The molecule has 0 saturated carbocycles. The van der Waals surface area contributed by atoms with Crippen molar-refractivity contribution in [3.8, 4) is 0 Å². The second-order valence-electron chi connectivity index (χ2n) is 4.88. The predicted octanol–water partition coefficient (Wildman–Crippen LogP) is 2.85. The normalized spacial score (nSPS) is 10.4. The Morgan fingerprint density at radius 1 is 0.706 bits per heavy atom. The predicted molar refractivity (Wildman–Crippen MR) is 78.0 cm³/mol. The van der Waals surface area contributed by atoms with E-state index in [1.165, 1.54) is 27.6 Å². The van der Waals surface area contributed by atoms with Gasteiger partial charge in [-0.15, -0.1) is 0 Å². The first-order valence-corrected chi connectivity index (χ1v) is 6.23. The molecule has 0 heterocycles. The Kier molecular flexibility index (Phi) is 3.37. The van der Waals surface area contributed by atoms with E-state index < -0.39 is 0 Å².